The summed E-state index contributed by atoms with van der Waals surface area (Å²) in [5.41, 5.74) is 0. The van der Waals surface area contributed by atoms with E-state index in [9.17, 15) is 4.79 Å². The monoisotopic (exact) mass is 158 g/mol. The molecule has 1 N–H and O–H groups in total. The number of hydrogen-bond donors (Lipinski definition) is 1. The van der Waals surface area contributed by atoms with Gasteiger partial charge in [0, 0.05) is 6.42 Å². The van der Waals surface area contributed by atoms with Gasteiger partial charge in [0.1, 0.15) is 0 Å². The zero-order valence-electron chi connectivity index (χ0n) is 7.47. The van der Waals surface area contributed by atoms with Crippen molar-refractivity contribution >= 4 is 5.97 Å². The van der Waals surface area contributed by atoms with E-state index in [0.717, 1.165) is 12.8 Å². The molecule has 0 aliphatic heterocycles. The van der Waals surface area contributed by atoms with E-state index < -0.39 is 5.97 Å². The Morgan fingerprint density at radius 1 is 1.45 bits per heavy atom. The van der Waals surface area contributed by atoms with Gasteiger partial charge in [0.25, 0.3) is 0 Å². The normalized spacial score (nSPS) is 12.9. The van der Waals surface area contributed by atoms with Gasteiger partial charge in [0.2, 0.25) is 0 Å². The molecule has 0 bridgehead atoms. The van der Waals surface area contributed by atoms with Gasteiger partial charge in [-0.1, -0.05) is 33.1 Å². The van der Waals surface area contributed by atoms with Crippen LogP contribution in [0.25, 0.3) is 0 Å². The molecule has 0 radical (unpaired) electrons. The molecule has 66 valence electrons. The second kappa shape index (κ2) is 6.20. The van der Waals surface area contributed by atoms with E-state index in [2.05, 4.69) is 13.8 Å². The molecular weight excluding hydrogens is 140 g/mol. The fourth-order valence-corrected chi connectivity index (χ4v) is 1.24. The summed E-state index contributed by atoms with van der Waals surface area (Å²) in [6, 6.07) is 0. The summed E-state index contributed by atoms with van der Waals surface area (Å²) >= 11 is 0. The van der Waals surface area contributed by atoms with Crippen LogP contribution in [-0.4, -0.2) is 11.1 Å². The van der Waals surface area contributed by atoms with Crippen molar-refractivity contribution in [1.29, 1.82) is 0 Å². The van der Waals surface area contributed by atoms with Crippen molar-refractivity contribution in [2.75, 3.05) is 0 Å². The van der Waals surface area contributed by atoms with Crippen LogP contribution < -0.4 is 0 Å². The lowest BCUT2D eigenvalue weighted by molar-refractivity contribution is -0.137. The maximum Gasteiger partial charge on any atom is 0.303 e. The SMILES string of the molecule is CCC[C@@H](C)CCCC(=O)O. The fourth-order valence-electron chi connectivity index (χ4n) is 1.24. The maximum absolute atomic E-state index is 10.1. The molecule has 0 spiro atoms. The molecule has 0 aliphatic carbocycles. The second-order valence-corrected chi connectivity index (χ2v) is 3.18. The van der Waals surface area contributed by atoms with E-state index >= 15 is 0 Å². The quantitative estimate of drug-likeness (QED) is 0.645. The number of carboxylic acids is 1. The van der Waals surface area contributed by atoms with Gasteiger partial charge in [-0.3, -0.25) is 4.79 Å². The zero-order chi connectivity index (χ0) is 8.69. The summed E-state index contributed by atoms with van der Waals surface area (Å²) in [5.74, 6) is 0.0213. The predicted molar refractivity (Wildman–Crippen MR) is 45.6 cm³/mol. The Morgan fingerprint density at radius 2 is 2.09 bits per heavy atom. The molecule has 0 aliphatic rings. The van der Waals surface area contributed by atoms with Crippen molar-refractivity contribution in [2.24, 2.45) is 5.92 Å². The molecule has 11 heavy (non-hydrogen) atoms. The van der Waals surface area contributed by atoms with E-state index in [0.29, 0.717) is 12.3 Å². The first-order valence-electron chi connectivity index (χ1n) is 4.38. The number of carbonyl (C=O) groups is 1. The van der Waals surface area contributed by atoms with Gasteiger partial charge >= 0.3 is 5.97 Å². The second-order valence-electron chi connectivity index (χ2n) is 3.18. The highest BCUT2D eigenvalue weighted by molar-refractivity contribution is 5.66. The minimum Gasteiger partial charge on any atom is -0.481 e. The molecule has 2 heteroatoms. The summed E-state index contributed by atoms with van der Waals surface area (Å²) in [6.45, 7) is 4.35. The van der Waals surface area contributed by atoms with Crippen LogP contribution in [0.1, 0.15) is 46.0 Å². The van der Waals surface area contributed by atoms with E-state index in [4.69, 9.17) is 5.11 Å². The van der Waals surface area contributed by atoms with Crippen molar-refractivity contribution in [3.05, 3.63) is 0 Å². The zero-order valence-corrected chi connectivity index (χ0v) is 7.47. The van der Waals surface area contributed by atoms with E-state index in [-0.39, 0.29) is 0 Å². The smallest absolute Gasteiger partial charge is 0.303 e. The van der Waals surface area contributed by atoms with Gasteiger partial charge in [-0.2, -0.15) is 0 Å². The van der Waals surface area contributed by atoms with Crippen molar-refractivity contribution in [3.63, 3.8) is 0 Å². The highest BCUT2D eigenvalue weighted by Crippen LogP contribution is 2.13. The Hall–Kier alpha value is -0.530. The average molecular weight is 158 g/mol. The molecule has 0 aromatic heterocycles. The molecule has 0 amide bonds. The van der Waals surface area contributed by atoms with Crippen molar-refractivity contribution in [3.8, 4) is 0 Å². The van der Waals surface area contributed by atoms with E-state index in [1.807, 2.05) is 0 Å². The van der Waals surface area contributed by atoms with Crippen LogP contribution in [0.4, 0.5) is 0 Å². The van der Waals surface area contributed by atoms with Gasteiger partial charge < -0.3 is 5.11 Å². The molecule has 0 aromatic rings. The van der Waals surface area contributed by atoms with Crippen molar-refractivity contribution < 1.29 is 9.90 Å². The van der Waals surface area contributed by atoms with Crippen molar-refractivity contribution in [1.82, 2.24) is 0 Å². The van der Waals surface area contributed by atoms with Crippen LogP contribution >= 0.6 is 0 Å². The molecule has 0 rings (SSSR count). The Balaban J connectivity index is 3.16. The third-order valence-corrected chi connectivity index (χ3v) is 1.87. The summed E-state index contributed by atoms with van der Waals surface area (Å²) in [7, 11) is 0. The Kier molecular flexibility index (Phi) is 5.90. The molecule has 0 saturated carbocycles. The summed E-state index contributed by atoms with van der Waals surface area (Å²) < 4.78 is 0. The molecule has 2 nitrogen and oxygen atoms in total. The standard InChI is InChI=1S/C9H18O2/c1-3-5-8(2)6-4-7-9(10)11/h8H,3-7H2,1-2H3,(H,10,11)/t8-/m1/s1. The number of rotatable bonds is 6. The Labute approximate surface area is 68.6 Å². The fraction of sp³-hybridized carbons (Fsp3) is 0.889. The first kappa shape index (κ1) is 10.5. The summed E-state index contributed by atoms with van der Waals surface area (Å²) in [5, 5.41) is 8.36. The Bertz CT molecular complexity index is 110. The Morgan fingerprint density at radius 3 is 2.55 bits per heavy atom. The first-order chi connectivity index (χ1) is 5.16. The molecule has 0 fully saturated rings. The molecule has 0 aromatic carbocycles. The molecule has 1 atom stereocenters. The van der Waals surface area contributed by atoms with Gasteiger partial charge in [0.15, 0.2) is 0 Å². The van der Waals surface area contributed by atoms with Crippen LogP contribution in [0.5, 0.6) is 0 Å². The van der Waals surface area contributed by atoms with Gasteiger partial charge in [-0.15, -0.1) is 0 Å². The van der Waals surface area contributed by atoms with Crippen LogP contribution in [0.3, 0.4) is 0 Å². The lowest BCUT2D eigenvalue weighted by Crippen LogP contribution is -1.98. The lowest BCUT2D eigenvalue weighted by Gasteiger charge is -2.07. The van der Waals surface area contributed by atoms with Crippen LogP contribution in [0.2, 0.25) is 0 Å². The summed E-state index contributed by atoms with van der Waals surface area (Å²) in [6.07, 6.45) is 4.64. The minimum atomic E-state index is -0.673. The third kappa shape index (κ3) is 7.37. The number of carboxylic acid groups (broad SMARTS) is 1. The third-order valence-electron chi connectivity index (χ3n) is 1.87. The molecule has 0 heterocycles. The molecular formula is C9H18O2. The summed E-state index contributed by atoms with van der Waals surface area (Å²) in [4.78, 5) is 10.1. The largest absolute Gasteiger partial charge is 0.481 e. The van der Waals surface area contributed by atoms with Gasteiger partial charge in [0.05, 0.1) is 0 Å². The predicted octanol–water partition coefficient (Wildman–Crippen LogP) is 2.68. The van der Waals surface area contributed by atoms with E-state index in [1.165, 1.54) is 12.8 Å². The highest BCUT2D eigenvalue weighted by atomic mass is 16.4. The number of hydrogen-bond acceptors (Lipinski definition) is 1. The highest BCUT2D eigenvalue weighted by Gasteiger charge is 2.02. The van der Waals surface area contributed by atoms with Crippen LogP contribution in [-0.2, 0) is 4.79 Å². The van der Waals surface area contributed by atoms with Gasteiger partial charge in [-0.05, 0) is 12.3 Å². The van der Waals surface area contributed by atoms with Crippen LogP contribution in [0.15, 0.2) is 0 Å². The molecule has 0 saturated heterocycles. The van der Waals surface area contributed by atoms with Gasteiger partial charge in [-0.25, -0.2) is 0 Å². The van der Waals surface area contributed by atoms with E-state index in [1.54, 1.807) is 0 Å². The minimum absolute atomic E-state index is 0.327. The average Bonchev–Trinajstić information content (AvgIpc) is 1.87. The van der Waals surface area contributed by atoms with Crippen molar-refractivity contribution in [2.45, 2.75) is 46.0 Å². The lowest BCUT2D eigenvalue weighted by atomic mass is 9.99. The number of aliphatic carboxylic acids is 1. The van der Waals surface area contributed by atoms with Crippen LogP contribution in [0, 0.1) is 5.92 Å². The first-order valence-corrected chi connectivity index (χ1v) is 4.38. The topological polar surface area (TPSA) is 37.3 Å². The molecule has 0 unspecified atom stereocenters. The maximum atomic E-state index is 10.1.